The number of ether oxygens (including phenoxy) is 4. The standard InChI is InChI=1S/C17H24BrNO5S2/c1-20-7-9-22-5-3-19(4-6-23-10-8-21-2)15-11-14(25)17-16(24-15)13(18)12-26-17/h11-12H,3-10H2,1-2H3. The van der Waals surface area contributed by atoms with Crippen molar-refractivity contribution < 1.29 is 23.4 Å². The van der Waals surface area contributed by atoms with E-state index in [0.717, 1.165) is 19.3 Å². The van der Waals surface area contributed by atoms with E-state index in [1.807, 2.05) is 11.4 Å². The minimum atomic E-state index is 0.562. The molecule has 2 heterocycles. The van der Waals surface area contributed by atoms with Crippen molar-refractivity contribution in [3.8, 4) is 0 Å². The molecule has 6 nitrogen and oxygen atoms in total. The highest BCUT2D eigenvalue weighted by atomic mass is 79.9. The van der Waals surface area contributed by atoms with Gasteiger partial charge >= 0.3 is 0 Å². The van der Waals surface area contributed by atoms with E-state index in [1.165, 1.54) is 0 Å². The van der Waals surface area contributed by atoms with E-state index < -0.39 is 0 Å². The quantitative estimate of drug-likeness (QED) is 0.325. The summed E-state index contributed by atoms with van der Waals surface area (Å²) < 4.78 is 29.9. The Bertz CT molecular complexity index is 707. The number of hydrogen-bond donors (Lipinski definition) is 0. The Labute approximate surface area is 171 Å². The fraction of sp³-hybridized carbons (Fsp3) is 0.588. The number of halogens is 1. The molecule has 0 radical (unpaired) electrons. The van der Waals surface area contributed by atoms with Crippen LogP contribution < -0.4 is 4.90 Å². The molecular formula is C17H24BrNO5S2. The minimum Gasteiger partial charge on any atom is -0.438 e. The van der Waals surface area contributed by atoms with Gasteiger partial charge < -0.3 is 28.3 Å². The molecule has 2 aromatic heterocycles. The third-order valence-electron chi connectivity index (χ3n) is 3.57. The lowest BCUT2D eigenvalue weighted by Crippen LogP contribution is -2.31. The first-order valence-corrected chi connectivity index (χ1v) is 10.3. The van der Waals surface area contributed by atoms with Gasteiger partial charge in [-0.2, -0.15) is 0 Å². The molecule has 146 valence electrons. The molecule has 0 bridgehead atoms. The molecule has 0 spiro atoms. The molecule has 0 atom stereocenters. The zero-order chi connectivity index (χ0) is 18.8. The van der Waals surface area contributed by atoms with Crippen LogP contribution in [0.3, 0.4) is 0 Å². The van der Waals surface area contributed by atoms with Gasteiger partial charge in [0, 0.05) is 38.8 Å². The average Bonchev–Trinajstić information content (AvgIpc) is 3.01. The fourth-order valence-corrected chi connectivity index (χ4v) is 4.02. The molecule has 0 saturated heterocycles. The van der Waals surface area contributed by atoms with Gasteiger partial charge in [0.2, 0.25) is 0 Å². The van der Waals surface area contributed by atoms with Crippen molar-refractivity contribution in [2.75, 3.05) is 71.9 Å². The molecule has 0 N–H and O–H groups in total. The first kappa shape index (κ1) is 21.7. The van der Waals surface area contributed by atoms with E-state index in [4.69, 9.17) is 35.6 Å². The van der Waals surface area contributed by atoms with Gasteiger partial charge in [0.1, 0.15) is 0 Å². The van der Waals surface area contributed by atoms with Gasteiger partial charge in [0.15, 0.2) is 11.5 Å². The first-order valence-electron chi connectivity index (χ1n) is 8.26. The summed E-state index contributed by atoms with van der Waals surface area (Å²) in [4.78, 5) is 2.08. The van der Waals surface area contributed by atoms with Crippen molar-refractivity contribution in [3.05, 3.63) is 20.4 Å². The smallest absolute Gasteiger partial charge is 0.197 e. The average molecular weight is 466 g/mol. The summed E-state index contributed by atoms with van der Waals surface area (Å²) in [6, 6.07) is 1.89. The highest BCUT2D eigenvalue weighted by Gasteiger charge is 2.14. The van der Waals surface area contributed by atoms with Crippen LogP contribution in [-0.4, -0.2) is 67.0 Å². The van der Waals surface area contributed by atoms with Crippen molar-refractivity contribution in [1.29, 1.82) is 0 Å². The second-order valence-corrected chi connectivity index (χ2v) is 7.56. The predicted molar refractivity (Wildman–Crippen MR) is 110 cm³/mol. The summed E-state index contributed by atoms with van der Waals surface area (Å²) in [7, 11) is 3.32. The van der Waals surface area contributed by atoms with Crippen LogP contribution in [0.4, 0.5) is 5.88 Å². The number of fused-ring (bicyclic) bond motifs is 1. The minimum absolute atomic E-state index is 0.562. The molecular weight excluding hydrogens is 442 g/mol. The topological polar surface area (TPSA) is 53.3 Å². The summed E-state index contributed by atoms with van der Waals surface area (Å²) in [5.41, 5.74) is 0.781. The summed E-state index contributed by atoms with van der Waals surface area (Å²) >= 11 is 10.6. The summed E-state index contributed by atoms with van der Waals surface area (Å²) in [6.45, 7) is 4.74. The molecule has 0 amide bonds. The number of nitrogens with zero attached hydrogens (tertiary/aromatic N) is 1. The number of anilines is 1. The van der Waals surface area contributed by atoms with Crippen molar-refractivity contribution in [3.63, 3.8) is 0 Å². The molecule has 0 aliphatic heterocycles. The summed E-state index contributed by atoms with van der Waals surface area (Å²) in [5.74, 6) is 0.715. The molecule has 0 saturated carbocycles. The number of thiophene rings is 1. The fourth-order valence-electron chi connectivity index (χ4n) is 2.23. The summed E-state index contributed by atoms with van der Waals surface area (Å²) in [5, 5.41) is 1.99. The normalized spacial score (nSPS) is 11.3. The van der Waals surface area contributed by atoms with Gasteiger partial charge in [-0.1, -0.05) is 12.2 Å². The Morgan fingerprint density at radius 1 is 1.04 bits per heavy atom. The van der Waals surface area contributed by atoms with Crippen molar-refractivity contribution >= 4 is 55.7 Å². The van der Waals surface area contributed by atoms with Crippen LogP contribution in [0, 0.1) is 4.51 Å². The Kier molecular flexibility index (Phi) is 10.1. The number of hydrogen-bond acceptors (Lipinski definition) is 8. The lowest BCUT2D eigenvalue weighted by Gasteiger charge is -2.23. The van der Waals surface area contributed by atoms with Crippen molar-refractivity contribution in [1.82, 2.24) is 0 Å². The zero-order valence-corrected chi connectivity index (χ0v) is 18.2. The SMILES string of the molecule is COCCOCCN(CCOCCOC)c1cc(=S)c2scc(Br)c2o1. The Morgan fingerprint density at radius 3 is 2.23 bits per heavy atom. The Balaban J connectivity index is 2.05. The lowest BCUT2D eigenvalue weighted by molar-refractivity contribution is 0.0672. The van der Waals surface area contributed by atoms with E-state index >= 15 is 0 Å². The van der Waals surface area contributed by atoms with E-state index in [1.54, 1.807) is 25.6 Å². The molecule has 9 heteroatoms. The maximum atomic E-state index is 6.09. The third-order valence-corrected chi connectivity index (χ3v) is 5.91. The highest BCUT2D eigenvalue weighted by Crippen LogP contribution is 2.34. The maximum Gasteiger partial charge on any atom is 0.197 e. The van der Waals surface area contributed by atoms with Crippen LogP contribution in [0.1, 0.15) is 0 Å². The van der Waals surface area contributed by atoms with E-state index in [-0.39, 0.29) is 0 Å². The van der Waals surface area contributed by atoms with E-state index in [2.05, 4.69) is 20.8 Å². The monoisotopic (exact) mass is 465 g/mol. The third kappa shape index (κ3) is 6.56. The predicted octanol–water partition coefficient (Wildman–Crippen LogP) is 4.12. The van der Waals surface area contributed by atoms with Gasteiger partial charge in [-0.05, 0) is 15.9 Å². The molecule has 0 fully saturated rings. The van der Waals surface area contributed by atoms with Crippen LogP contribution in [0.5, 0.6) is 0 Å². The van der Waals surface area contributed by atoms with Crippen LogP contribution in [0.25, 0.3) is 10.3 Å². The van der Waals surface area contributed by atoms with Crippen LogP contribution in [-0.2, 0) is 18.9 Å². The largest absolute Gasteiger partial charge is 0.438 e. The second-order valence-electron chi connectivity index (χ2n) is 5.39. The zero-order valence-electron chi connectivity index (χ0n) is 15.0. The molecule has 0 unspecified atom stereocenters. The molecule has 0 aromatic carbocycles. The first-order chi connectivity index (χ1) is 12.7. The molecule has 0 aliphatic rings. The van der Waals surface area contributed by atoms with Gasteiger partial charge in [-0.15, -0.1) is 11.3 Å². The Hall–Kier alpha value is -0.550. The van der Waals surface area contributed by atoms with Crippen LogP contribution in [0.2, 0.25) is 0 Å². The summed E-state index contributed by atoms with van der Waals surface area (Å²) in [6.07, 6.45) is 0. The van der Waals surface area contributed by atoms with Crippen LogP contribution >= 0.6 is 39.5 Å². The second kappa shape index (κ2) is 12.0. The van der Waals surface area contributed by atoms with Crippen molar-refractivity contribution in [2.45, 2.75) is 0 Å². The highest BCUT2D eigenvalue weighted by molar-refractivity contribution is 9.10. The lowest BCUT2D eigenvalue weighted by atomic mass is 10.4. The molecule has 26 heavy (non-hydrogen) atoms. The van der Waals surface area contributed by atoms with Gasteiger partial charge in [-0.3, -0.25) is 0 Å². The van der Waals surface area contributed by atoms with E-state index in [0.29, 0.717) is 58.6 Å². The number of methoxy groups -OCH3 is 2. The molecule has 0 aliphatic carbocycles. The Morgan fingerprint density at radius 2 is 1.65 bits per heavy atom. The van der Waals surface area contributed by atoms with Gasteiger partial charge in [0.25, 0.3) is 0 Å². The maximum absolute atomic E-state index is 6.09. The number of rotatable bonds is 13. The molecule has 2 rings (SSSR count). The molecule has 2 aromatic rings. The van der Waals surface area contributed by atoms with Gasteiger partial charge in [-0.25, -0.2) is 0 Å². The van der Waals surface area contributed by atoms with Crippen LogP contribution in [0.15, 0.2) is 20.3 Å². The van der Waals surface area contributed by atoms with E-state index in [9.17, 15) is 0 Å². The van der Waals surface area contributed by atoms with Crippen molar-refractivity contribution in [2.24, 2.45) is 0 Å². The van der Waals surface area contributed by atoms with Gasteiger partial charge in [0.05, 0.1) is 53.3 Å².